The summed E-state index contributed by atoms with van der Waals surface area (Å²) in [7, 11) is 0. The minimum absolute atomic E-state index is 0.0277. The lowest BCUT2D eigenvalue weighted by Crippen LogP contribution is -2.14. The summed E-state index contributed by atoms with van der Waals surface area (Å²) < 4.78 is 0. The van der Waals surface area contributed by atoms with Crippen molar-refractivity contribution in [3.63, 3.8) is 0 Å². The van der Waals surface area contributed by atoms with E-state index in [4.69, 9.17) is 0 Å². The number of hydrogen-bond donors (Lipinski definition) is 2. The Labute approximate surface area is 128 Å². The highest BCUT2D eigenvalue weighted by Gasteiger charge is 2.15. The Kier molecular flexibility index (Phi) is 3.87. The van der Waals surface area contributed by atoms with Crippen LogP contribution in [0.5, 0.6) is 0 Å². The summed E-state index contributed by atoms with van der Waals surface area (Å²) in [6.45, 7) is 1.88. The van der Waals surface area contributed by atoms with Gasteiger partial charge in [-0.25, -0.2) is 4.98 Å². The second-order valence-electron chi connectivity index (χ2n) is 5.39. The van der Waals surface area contributed by atoms with E-state index in [1.54, 1.807) is 18.2 Å². The number of amides is 2. The number of nitrogens with zero attached hydrogens (tertiary/aromatic N) is 1. The number of nitrogens with one attached hydrogen (secondary N) is 2. The van der Waals surface area contributed by atoms with Crippen LogP contribution in [0, 0.1) is 6.92 Å². The van der Waals surface area contributed by atoms with Crippen molar-refractivity contribution in [2.45, 2.75) is 26.2 Å². The Balaban J connectivity index is 1.81. The molecular formula is C17H17N3O2. The third-order valence-electron chi connectivity index (χ3n) is 3.62. The molecule has 1 aliphatic heterocycles. The number of aryl methyl sites for hydroxylation is 2. The highest BCUT2D eigenvalue weighted by molar-refractivity contribution is 6.04. The highest BCUT2D eigenvalue weighted by atomic mass is 16.2. The van der Waals surface area contributed by atoms with E-state index in [9.17, 15) is 9.59 Å². The van der Waals surface area contributed by atoms with Crippen LogP contribution in [-0.2, 0) is 11.2 Å². The zero-order chi connectivity index (χ0) is 15.5. The van der Waals surface area contributed by atoms with Gasteiger partial charge in [0.2, 0.25) is 5.91 Å². The number of pyridine rings is 1. The van der Waals surface area contributed by atoms with Gasteiger partial charge in [0, 0.05) is 23.4 Å². The molecule has 2 N–H and O–H groups in total. The van der Waals surface area contributed by atoms with Crippen molar-refractivity contribution in [1.82, 2.24) is 4.98 Å². The first kappa shape index (κ1) is 14.3. The van der Waals surface area contributed by atoms with Crippen LogP contribution in [0.25, 0.3) is 0 Å². The van der Waals surface area contributed by atoms with Crippen LogP contribution < -0.4 is 10.6 Å². The molecule has 0 atom stereocenters. The van der Waals surface area contributed by atoms with Gasteiger partial charge in [0.25, 0.3) is 5.91 Å². The fourth-order valence-electron chi connectivity index (χ4n) is 2.52. The molecule has 22 heavy (non-hydrogen) atoms. The number of anilines is 2. The Hall–Kier alpha value is -2.69. The molecule has 0 saturated carbocycles. The number of aromatic nitrogens is 1. The van der Waals surface area contributed by atoms with E-state index in [2.05, 4.69) is 15.6 Å². The molecular weight excluding hydrogens is 278 g/mol. The smallest absolute Gasteiger partial charge is 0.256 e. The van der Waals surface area contributed by atoms with Crippen molar-refractivity contribution in [2.24, 2.45) is 0 Å². The van der Waals surface area contributed by atoms with Crippen molar-refractivity contribution in [1.29, 1.82) is 0 Å². The Morgan fingerprint density at radius 1 is 1.23 bits per heavy atom. The molecule has 5 nitrogen and oxygen atoms in total. The lowest BCUT2D eigenvalue weighted by atomic mass is 10.0. The average molecular weight is 295 g/mol. The summed E-state index contributed by atoms with van der Waals surface area (Å²) in [6, 6.07) is 10.8. The van der Waals surface area contributed by atoms with Crippen molar-refractivity contribution in [2.75, 3.05) is 10.6 Å². The van der Waals surface area contributed by atoms with E-state index in [0.29, 0.717) is 17.8 Å². The molecule has 2 amide bonds. The van der Waals surface area contributed by atoms with E-state index in [1.165, 1.54) is 0 Å². The summed E-state index contributed by atoms with van der Waals surface area (Å²) in [6.07, 6.45) is 2.10. The van der Waals surface area contributed by atoms with Crippen molar-refractivity contribution in [3.8, 4) is 0 Å². The van der Waals surface area contributed by atoms with Gasteiger partial charge < -0.3 is 10.6 Å². The third kappa shape index (κ3) is 3.14. The zero-order valence-corrected chi connectivity index (χ0v) is 12.3. The number of carbonyl (C=O) groups is 2. The lowest BCUT2D eigenvalue weighted by molar-refractivity contribution is -0.116. The monoisotopic (exact) mass is 295 g/mol. The summed E-state index contributed by atoms with van der Waals surface area (Å²) in [4.78, 5) is 28.1. The van der Waals surface area contributed by atoms with E-state index in [1.807, 2.05) is 25.1 Å². The first-order valence-electron chi connectivity index (χ1n) is 7.29. The van der Waals surface area contributed by atoms with Gasteiger partial charge in [-0.05, 0) is 55.7 Å². The summed E-state index contributed by atoms with van der Waals surface area (Å²) in [5, 5.41) is 5.66. The minimum atomic E-state index is -0.198. The molecule has 2 heterocycles. The molecule has 112 valence electrons. The molecule has 0 aliphatic carbocycles. The molecule has 0 bridgehead atoms. The molecule has 0 spiro atoms. The molecule has 2 aromatic rings. The molecule has 0 unspecified atom stereocenters. The van der Waals surface area contributed by atoms with Gasteiger partial charge in [0.1, 0.15) is 5.82 Å². The molecule has 0 fully saturated rings. The van der Waals surface area contributed by atoms with E-state index >= 15 is 0 Å². The van der Waals surface area contributed by atoms with Crippen LogP contribution in [0.4, 0.5) is 11.5 Å². The average Bonchev–Trinajstić information content (AvgIpc) is 2.67. The van der Waals surface area contributed by atoms with Crippen molar-refractivity contribution >= 4 is 23.3 Å². The molecule has 1 aliphatic rings. The second kappa shape index (κ2) is 5.97. The standard InChI is InChI=1S/C17H17N3O2/c1-11-4-2-6-15(18-11)20-17(22)13-8-9-14-12(10-13)5-3-7-16(21)19-14/h2,4,6,8-10H,3,5,7H2,1H3,(H,19,21)(H,18,20,22). The van der Waals surface area contributed by atoms with Gasteiger partial charge in [-0.15, -0.1) is 0 Å². The number of benzene rings is 1. The minimum Gasteiger partial charge on any atom is -0.326 e. The SMILES string of the molecule is Cc1cccc(NC(=O)c2ccc3c(c2)CCCC(=O)N3)n1. The summed E-state index contributed by atoms with van der Waals surface area (Å²) in [5.74, 6) is 0.365. The van der Waals surface area contributed by atoms with Crippen LogP contribution in [0.3, 0.4) is 0 Å². The molecule has 3 rings (SSSR count). The van der Waals surface area contributed by atoms with E-state index < -0.39 is 0 Å². The van der Waals surface area contributed by atoms with Gasteiger partial charge in [0.15, 0.2) is 0 Å². The quantitative estimate of drug-likeness (QED) is 0.895. The number of carbonyl (C=O) groups excluding carboxylic acids is 2. The van der Waals surface area contributed by atoms with Crippen LogP contribution in [0.1, 0.15) is 34.5 Å². The third-order valence-corrected chi connectivity index (χ3v) is 3.62. The van der Waals surface area contributed by atoms with Gasteiger partial charge in [0.05, 0.1) is 0 Å². The van der Waals surface area contributed by atoms with Crippen molar-refractivity contribution in [3.05, 3.63) is 53.2 Å². The van der Waals surface area contributed by atoms with E-state index in [0.717, 1.165) is 29.8 Å². The molecule has 0 radical (unpaired) electrons. The van der Waals surface area contributed by atoms with Crippen LogP contribution in [0.2, 0.25) is 0 Å². The molecule has 1 aromatic heterocycles. The normalized spacial score (nSPS) is 13.8. The predicted octanol–water partition coefficient (Wildman–Crippen LogP) is 2.92. The topological polar surface area (TPSA) is 71.1 Å². The van der Waals surface area contributed by atoms with Crippen LogP contribution in [-0.4, -0.2) is 16.8 Å². The largest absolute Gasteiger partial charge is 0.326 e. The lowest BCUT2D eigenvalue weighted by Gasteiger charge is -2.10. The molecule has 0 saturated heterocycles. The highest BCUT2D eigenvalue weighted by Crippen LogP contribution is 2.23. The number of fused-ring (bicyclic) bond motifs is 1. The Morgan fingerprint density at radius 3 is 2.91 bits per heavy atom. The van der Waals surface area contributed by atoms with E-state index in [-0.39, 0.29) is 11.8 Å². The maximum absolute atomic E-state index is 12.3. The summed E-state index contributed by atoms with van der Waals surface area (Å²) >= 11 is 0. The maximum atomic E-state index is 12.3. The zero-order valence-electron chi connectivity index (χ0n) is 12.3. The molecule has 1 aromatic carbocycles. The number of hydrogen-bond acceptors (Lipinski definition) is 3. The van der Waals surface area contributed by atoms with Crippen molar-refractivity contribution < 1.29 is 9.59 Å². The Morgan fingerprint density at radius 2 is 2.09 bits per heavy atom. The van der Waals surface area contributed by atoms with Gasteiger partial charge >= 0.3 is 0 Å². The van der Waals surface area contributed by atoms with Crippen LogP contribution in [0.15, 0.2) is 36.4 Å². The molecule has 5 heteroatoms. The fourth-order valence-corrected chi connectivity index (χ4v) is 2.52. The van der Waals surface area contributed by atoms with Gasteiger partial charge in [-0.2, -0.15) is 0 Å². The van der Waals surface area contributed by atoms with Gasteiger partial charge in [-0.3, -0.25) is 9.59 Å². The first-order chi connectivity index (χ1) is 10.6. The fraction of sp³-hybridized carbons (Fsp3) is 0.235. The first-order valence-corrected chi connectivity index (χ1v) is 7.29. The second-order valence-corrected chi connectivity index (χ2v) is 5.39. The maximum Gasteiger partial charge on any atom is 0.256 e. The predicted molar refractivity (Wildman–Crippen MR) is 84.9 cm³/mol. The van der Waals surface area contributed by atoms with Gasteiger partial charge in [-0.1, -0.05) is 6.07 Å². The Bertz CT molecular complexity index is 740. The summed E-state index contributed by atoms with van der Waals surface area (Å²) in [5.41, 5.74) is 3.21. The van der Waals surface area contributed by atoms with Crippen LogP contribution >= 0.6 is 0 Å². The number of rotatable bonds is 2.